The van der Waals surface area contributed by atoms with Gasteiger partial charge in [-0.25, -0.2) is 4.39 Å². The maximum Gasteiger partial charge on any atom is 0.154 e. The molecule has 0 aliphatic heterocycles. The summed E-state index contributed by atoms with van der Waals surface area (Å²) in [4.78, 5) is 10.4. The highest BCUT2D eigenvalue weighted by Gasteiger charge is 2.08. The van der Waals surface area contributed by atoms with E-state index in [2.05, 4.69) is 15.9 Å². The summed E-state index contributed by atoms with van der Waals surface area (Å²) < 4.78 is 13.5. The molecule has 0 saturated heterocycles. The number of aryl methyl sites for hydroxylation is 1. The number of carbonyl (C=O) groups excluding carboxylic acids is 1. The number of benzene rings is 1. The van der Waals surface area contributed by atoms with E-state index in [-0.39, 0.29) is 5.56 Å². The molecule has 0 aliphatic carbocycles. The van der Waals surface area contributed by atoms with Crippen LogP contribution in [0, 0.1) is 5.82 Å². The van der Waals surface area contributed by atoms with Crippen molar-refractivity contribution in [3.05, 3.63) is 33.5 Å². The molecule has 0 radical (unpaired) electrons. The average molecular weight is 231 g/mol. The summed E-state index contributed by atoms with van der Waals surface area (Å²) in [6.45, 7) is 1.95. The molecule has 0 heterocycles. The van der Waals surface area contributed by atoms with Crippen LogP contribution in [0.1, 0.15) is 22.8 Å². The Hall–Kier alpha value is -0.700. The van der Waals surface area contributed by atoms with Gasteiger partial charge in [0.1, 0.15) is 5.82 Å². The summed E-state index contributed by atoms with van der Waals surface area (Å²) in [5, 5.41) is 0. The lowest BCUT2D eigenvalue weighted by molar-refractivity contribution is 0.111. The van der Waals surface area contributed by atoms with Gasteiger partial charge >= 0.3 is 0 Å². The van der Waals surface area contributed by atoms with Crippen molar-refractivity contribution in [2.24, 2.45) is 0 Å². The van der Waals surface area contributed by atoms with Crippen LogP contribution in [0.2, 0.25) is 0 Å². The fourth-order valence-corrected chi connectivity index (χ4v) is 1.69. The van der Waals surface area contributed by atoms with E-state index in [1.54, 1.807) is 6.07 Å². The molecule has 0 spiro atoms. The third-order valence-electron chi connectivity index (χ3n) is 1.71. The summed E-state index contributed by atoms with van der Waals surface area (Å²) in [6, 6.07) is 2.99. The van der Waals surface area contributed by atoms with Crippen LogP contribution >= 0.6 is 15.9 Å². The molecule has 0 bridgehead atoms. The molecule has 3 heteroatoms. The second-order valence-electron chi connectivity index (χ2n) is 2.41. The lowest BCUT2D eigenvalue weighted by Gasteiger charge is -2.03. The van der Waals surface area contributed by atoms with Crippen LogP contribution in [0.25, 0.3) is 0 Å². The van der Waals surface area contributed by atoms with Crippen LogP contribution in [-0.2, 0) is 6.42 Å². The molecular formula is C9H8BrFO. The molecule has 0 amide bonds. The van der Waals surface area contributed by atoms with Gasteiger partial charge in [-0.05, 0) is 34.0 Å². The van der Waals surface area contributed by atoms with Crippen molar-refractivity contribution in [1.29, 1.82) is 0 Å². The standard InChI is InChI=1S/C9H8BrFO/c1-2-6-3-4-8(11)7(5-12)9(6)10/h3-5H,2H2,1H3. The van der Waals surface area contributed by atoms with Crippen LogP contribution in [0.3, 0.4) is 0 Å². The van der Waals surface area contributed by atoms with Crippen LogP contribution in [0.4, 0.5) is 4.39 Å². The summed E-state index contributed by atoms with van der Waals surface area (Å²) in [5.41, 5.74) is 1.05. The van der Waals surface area contributed by atoms with E-state index in [4.69, 9.17) is 0 Å². The number of hydrogen-bond donors (Lipinski definition) is 0. The number of halogens is 2. The minimum absolute atomic E-state index is 0.106. The monoisotopic (exact) mass is 230 g/mol. The number of aldehydes is 1. The van der Waals surface area contributed by atoms with Gasteiger partial charge in [-0.1, -0.05) is 13.0 Å². The molecule has 0 aromatic heterocycles. The van der Waals surface area contributed by atoms with Gasteiger partial charge in [0.15, 0.2) is 6.29 Å². The molecule has 0 atom stereocenters. The highest BCUT2D eigenvalue weighted by atomic mass is 79.9. The minimum atomic E-state index is -0.478. The van der Waals surface area contributed by atoms with Crippen LogP contribution in [0.5, 0.6) is 0 Å². The molecule has 0 fully saturated rings. The molecule has 12 heavy (non-hydrogen) atoms. The second-order valence-corrected chi connectivity index (χ2v) is 3.20. The maximum atomic E-state index is 12.9. The topological polar surface area (TPSA) is 17.1 Å². The first-order chi connectivity index (χ1) is 5.70. The van der Waals surface area contributed by atoms with Crippen molar-refractivity contribution in [3.63, 3.8) is 0 Å². The zero-order valence-corrected chi connectivity index (χ0v) is 8.19. The molecule has 1 rings (SSSR count). The van der Waals surface area contributed by atoms with Crippen molar-refractivity contribution in [2.45, 2.75) is 13.3 Å². The number of rotatable bonds is 2. The first-order valence-electron chi connectivity index (χ1n) is 3.62. The Morgan fingerprint density at radius 2 is 2.25 bits per heavy atom. The Morgan fingerprint density at radius 3 is 2.75 bits per heavy atom. The van der Waals surface area contributed by atoms with Gasteiger partial charge in [0.25, 0.3) is 0 Å². The Morgan fingerprint density at radius 1 is 1.58 bits per heavy atom. The van der Waals surface area contributed by atoms with Crippen molar-refractivity contribution < 1.29 is 9.18 Å². The van der Waals surface area contributed by atoms with E-state index in [0.717, 1.165) is 12.0 Å². The second kappa shape index (κ2) is 3.81. The fourth-order valence-electron chi connectivity index (χ4n) is 0.996. The van der Waals surface area contributed by atoms with E-state index in [9.17, 15) is 9.18 Å². The highest BCUT2D eigenvalue weighted by molar-refractivity contribution is 9.10. The van der Waals surface area contributed by atoms with E-state index < -0.39 is 5.82 Å². The molecule has 0 unspecified atom stereocenters. The van der Waals surface area contributed by atoms with Gasteiger partial charge in [-0.15, -0.1) is 0 Å². The molecule has 1 aromatic carbocycles. The summed E-state index contributed by atoms with van der Waals surface area (Å²) >= 11 is 3.18. The van der Waals surface area contributed by atoms with Crippen molar-refractivity contribution in [1.82, 2.24) is 0 Å². The number of carbonyl (C=O) groups is 1. The molecule has 1 nitrogen and oxygen atoms in total. The van der Waals surface area contributed by atoms with Gasteiger partial charge in [-0.2, -0.15) is 0 Å². The predicted octanol–water partition coefficient (Wildman–Crippen LogP) is 2.96. The van der Waals surface area contributed by atoms with Crippen molar-refractivity contribution in [2.75, 3.05) is 0 Å². The van der Waals surface area contributed by atoms with Gasteiger partial charge in [0.2, 0.25) is 0 Å². The van der Waals surface area contributed by atoms with Crippen molar-refractivity contribution in [3.8, 4) is 0 Å². The first kappa shape index (κ1) is 9.39. The average Bonchev–Trinajstić information content (AvgIpc) is 2.06. The Bertz CT molecular complexity index is 310. The van der Waals surface area contributed by atoms with Crippen molar-refractivity contribution >= 4 is 22.2 Å². The predicted molar refractivity (Wildman–Crippen MR) is 48.9 cm³/mol. The maximum absolute atomic E-state index is 12.9. The van der Waals surface area contributed by atoms with E-state index in [0.29, 0.717) is 10.8 Å². The first-order valence-corrected chi connectivity index (χ1v) is 4.42. The van der Waals surface area contributed by atoms with Crippen LogP contribution in [-0.4, -0.2) is 6.29 Å². The summed E-state index contributed by atoms with van der Waals surface area (Å²) in [5.74, 6) is -0.478. The molecule has 0 aliphatic rings. The van der Waals surface area contributed by atoms with Crippen LogP contribution < -0.4 is 0 Å². The fraction of sp³-hybridized carbons (Fsp3) is 0.222. The molecule has 64 valence electrons. The van der Waals surface area contributed by atoms with Crippen LogP contribution in [0.15, 0.2) is 16.6 Å². The Kier molecular flexibility index (Phi) is 2.98. The lowest BCUT2D eigenvalue weighted by atomic mass is 10.1. The van der Waals surface area contributed by atoms with E-state index in [1.807, 2.05) is 6.92 Å². The van der Waals surface area contributed by atoms with Gasteiger partial charge in [0, 0.05) is 4.47 Å². The molecular weight excluding hydrogens is 223 g/mol. The van der Waals surface area contributed by atoms with E-state index >= 15 is 0 Å². The zero-order chi connectivity index (χ0) is 9.14. The third kappa shape index (κ3) is 1.55. The SMILES string of the molecule is CCc1ccc(F)c(C=O)c1Br. The summed E-state index contributed by atoms with van der Waals surface area (Å²) in [7, 11) is 0. The largest absolute Gasteiger partial charge is 0.298 e. The Balaban J connectivity index is 3.33. The van der Waals surface area contributed by atoms with Gasteiger partial charge in [0.05, 0.1) is 5.56 Å². The Labute approximate surface area is 78.7 Å². The molecule has 0 saturated carbocycles. The zero-order valence-electron chi connectivity index (χ0n) is 6.60. The normalized spacial score (nSPS) is 9.92. The number of hydrogen-bond acceptors (Lipinski definition) is 1. The minimum Gasteiger partial charge on any atom is -0.298 e. The smallest absolute Gasteiger partial charge is 0.154 e. The quantitative estimate of drug-likeness (QED) is 0.715. The van der Waals surface area contributed by atoms with E-state index in [1.165, 1.54) is 6.07 Å². The van der Waals surface area contributed by atoms with Gasteiger partial charge in [-0.3, -0.25) is 4.79 Å². The lowest BCUT2D eigenvalue weighted by Crippen LogP contribution is -1.93. The third-order valence-corrected chi connectivity index (χ3v) is 2.64. The molecule has 0 N–H and O–H groups in total. The summed E-state index contributed by atoms with van der Waals surface area (Å²) in [6.07, 6.45) is 1.31. The highest BCUT2D eigenvalue weighted by Crippen LogP contribution is 2.23. The van der Waals surface area contributed by atoms with Gasteiger partial charge < -0.3 is 0 Å². The molecule has 1 aromatic rings.